The van der Waals surface area contributed by atoms with Crippen molar-refractivity contribution < 1.29 is 9.14 Å². The van der Waals surface area contributed by atoms with Gasteiger partial charge < -0.3 is 4.65 Å². The molecule has 0 atom stereocenters. The van der Waals surface area contributed by atoms with Gasteiger partial charge in [0.05, 0.1) is 11.0 Å². The predicted octanol–water partition coefficient (Wildman–Crippen LogP) is 1.94. The van der Waals surface area contributed by atoms with E-state index in [0.717, 1.165) is 11.2 Å². The van der Waals surface area contributed by atoms with E-state index in [9.17, 15) is 0 Å². The minimum atomic E-state index is -0.0946. The smallest absolute Gasteiger partial charge is 0.496 e. The number of pyridine rings is 1. The first-order valence-electron chi connectivity index (χ1n) is 6.94. The highest BCUT2D eigenvalue weighted by Gasteiger charge is 2.58. The molecule has 0 saturated carbocycles. The van der Waals surface area contributed by atoms with Gasteiger partial charge in [-0.1, -0.05) is 12.1 Å². The van der Waals surface area contributed by atoms with Crippen LogP contribution in [0.2, 0.25) is 0 Å². The normalized spacial score (nSPS) is 18.2. The molecule has 1 aromatic carbocycles. The second-order valence-electron chi connectivity index (χ2n) is 5.94. The van der Waals surface area contributed by atoms with Gasteiger partial charge in [-0.25, -0.2) is 0 Å². The second kappa shape index (κ2) is 3.72. The molecule has 0 amide bonds. The zero-order chi connectivity index (χ0) is 13.9. The van der Waals surface area contributed by atoms with Crippen molar-refractivity contribution in [3.05, 3.63) is 53.9 Å². The molecule has 0 fully saturated rings. The van der Waals surface area contributed by atoms with Crippen LogP contribution in [0.5, 0.6) is 5.75 Å². The highest BCUT2D eigenvalue weighted by Crippen LogP contribution is 2.39. The number of para-hydroxylation sites is 1. The van der Waals surface area contributed by atoms with Crippen LogP contribution >= 0.6 is 0 Å². The van der Waals surface area contributed by atoms with Crippen LogP contribution in [0.25, 0.3) is 0 Å². The quantitative estimate of drug-likeness (QED) is 0.679. The number of fused-ring (bicyclic) bond motifs is 4. The lowest BCUT2D eigenvalue weighted by Crippen LogP contribution is -2.55. The van der Waals surface area contributed by atoms with Gasteiger partial charge in [0, 0.05) is 38.7 Å². The minimum absolute atomic E-state index is 0.0661. The van der Waals surface area contributed by atoms with Crippen molar-refractivity contribution in [2.75, 3.05) is 0 Å². The summed E-state index contributed by atoms with van der Waals surface area (Å²) in [5, 5.41) is 0. The third-order valence-corrected chi connectivity index (χ3v) is 4.49. The van der Waals surface area contributed by atoms with E-state index >= 15 is 0 Å². The molecule has 2 aliphatic rings. The highest BCUT2D eigenvalue weighted by molar-refractivity contribution is 6.65. The SMILES string of the molecule is CC1=[N+]2B(Oc3ccccc3C2(C)C)c2cnccc21. The van der Waals surface area contributed by atoms with Crippen molar-refractivity contribution in [2.45, 2.75) is 26.3 Å². The van der Waals surface area contributed by atoms with Crippen molar-refractivity contribution >= 4 is 18.2 Å². The molecule has 0 N–H and O–H groups in total. The third kappa shape index (κ3) is 1.31. The lowest BCUT2D eigenvalue weighted by Gasteiger charge is -2.32. The van der Waals surface area contributed by atoms with E-state index in [2.05, 4.69) is 54.5 Å². The first-order valence-corrected chi connectivity index (χ1v) is 6.94. The summed E-state index contributed by atoms with van der Waals surface area (Å²) in [6, 6.07) is 10.4. The fourth-order valence-electron chi connectivity index (χ4n) is 3.53. The molecule has 2 aliphatic heterocycles. The van der Waals surface area contributed by atoms with Gasteiger partial charge in [0.2, 0.25) is 0 Å². The number of rotatable bonds is 0. The molecule has 0 bridgehead atoms. The molecule has 1 aromatic heterocycles. The maximum Gasteiger partial charge on any atom is 0.762 e. The average Bonchev–Trinajstić information content (AvgIpc) is 2.74. The van der Waals surface area contributed by atoms with Crippen molar-refractivity contribution in [3.63, 3.8) is 0 Å². The lowest BCUT2D eigenvalue weighted by atomic mass is 9.69. The van der Waals surface area contributed by atoms with Gasteiger partial charge in [-0.05, 0) is 18.2 Å². The van der Waals surface area contributed by atoms with Crippen LogP contribution in [-0.2, 0) is 5.54 Å². The molecular weight excluding hydrogens is 247 g/mol. The van der Waals surface area contributed by atoms with Crippen molar-refractivity contribution in [1.82, 2.24) is 4.98 Å². The van der Waals surface area contributed by atoms with E-state index in [4.69, 9.17) is 4.65 Å². The summed E-state index contributed by atoms with van der Waals surface area (Å²) < 4.78 is 8.62. The number of hydrogen-bond donors (Lipinski definition) is 0. The third-order valence-electron chi connectivity index (χ3n) is 4.49. The fourth-order valence-corrected chi connectivity index (χ4v) is 3.53. The Balaban J connectivity index is 2.01. The van der Waals surface area contributed by atoms with Crippen LogP contribution in [0, 0.1) is 0 Å². The summed E-state index contributed by atoms with van der Waals surface area (Å²) in [7, 11) is -0.0661. The Morgan fingerprint density at radius 3 is 2.85 bits per heavy atom. The number of aromatic nitrogens is 1. The largest absolute Gasteiger partial charge is 0.762 e. The molecule has 0 saturated heterocycles. The number of nitrogens with zero attached hydrogens (tertiary/aromatic N) is 2. The second-order valence-corrected chi connectivity index (χ2v) is 5.94. The molecule has 0 spiro atoms. The summed E-state index contributed by atoms with van der Waals surface area (Å²) in [6.45, 7) is 6.67. The van der Waals surface area contributed by atoms with Crippen LogP contribution in [0.1, 0.15) is 31.9 Å². The van der Waals surface area contributed by atoms with E-state index < -0.39 is 0 Å². The van der Waals surface area contributed by atoms with E-state index in [1.54, 1.807) is 0 Å². The molecule has 4 heteroatoms. The zero-order valence-corrected chi connectivity index (χ0v) is 11.9. The molecule has 0 unspecified atom stereocenters. The first kappa shape index (κ1) is 11.7. The van der Waals surface area contributed by atoms with E-state index in [1.165, 1.54) is 16.8 Å². The van der Waals surface area contributed by atoms with Crippen LogP contribution in [0.4, 0.5) is 0 Å². The molecular formula is C16H16BN2O+. The lowest BCUT2D eigenvalue weighted by molar-refractivity contribution is -0.500. The summed E-state index contributed by atoms with van der Waals surface area (Å²) in [5.41, 5.74) is 4.80. The Morgan fingerprint density at radius 2 is 2.00 bits per heavy atom. The van der Waals surface area contributed by atoms with Gasteiger partial charge in [-0.2, -0.15) is 0 Å². The van der Waals surface area contributed by atoms with Crippen molar-refractivity contribution in [2.24, 2.45) is 0 Å². The molecule has 4 rings (SSSR count). The van der Waals surface area contributed by atoms with E-state index in [1.807, 2.05) is 18.5 Å². The standard InChI is InChI=1S/C16H16BN2O/c1-11-12-8-9-18-10-14(12)17-19(11)16(2,3)13-6-4-5-7-15(13)20-17/h4-10H,1-3H3/q+1. The van der Waals surface area contributed by atoms with Gasteiger partial charge in [0.25, 0.3) is 0 Å². The van der Waals surface area contributed by atoms with Crippen molar-refractivity contribution in [3.8, 4) is 5.75 Å². The molecule has 3 heterocycles. The Morgan fingerprint density at radius 1 is 1.20 bits per heavy atom. The van der Waals surface area contributed by atoms with Gasteiger partial charge in [-0.15, -0.1) is 0 Å². The van der Waals surface area contributed by atoms with E-state index in [-0.39, 0.29) is 12.6 Å². The summed E-state index contributed by atoms with van der Waals surface area (Å²) in [5.74, 6) is 0.975. The fraction of sp³-hybridized carbons (Fsp3) is 0.250. The minimum Gasteiger partial charge on any atom is -0.496 e. The summed E-state index contributed by atoms with van der Waals surface area (Å²) in [6.07, 6.45) is 3.77. The Labute approximate surface area is 119 Å². The molecule has 2 aromatic rings. The van der Waals surface area contributed by atoms with Crippen LogP contribution < -0.4 is 10.1 Å². The van der Waals surface area contributed by atoms with Gasteiger partial charge >= 0.3 is 7.05 Å². The number of benzene rings is 1. The molecule has 0 radical (unpaired) electrons. The molecule has 0 aliphatic carbocycles. The average molecular weight is 263 g/mol. The van der Waals surface area contributed by atoms with Gasteiger partial charge in [0.1, 0.15) is 5.75 Å². The Hall–Kier alpha value is -2.10. The van der Waals surface area contributed by atoms with Crippen LogP contribution in [-0.4, -0.2) is 22.2 Å². The zero-order valence-electron chi connectivity index (χ0n) is 11.9. The van der Waals surface area contributed by atoms with Crippen LogP contribution in [0.3, 0.4) is 0 Å². The molecule has 98 valence electrons. The van der Waals surface area contributed by atoms with Gasteiger partial charge in [-0.3, -0.25) is 9.47 Å². The topological polar surface area (TPSA) is 25.1 Å². The van der Waals surface area contributed by atoms with E-state index in [0.29, 0.717) is 0 Å². The maximum atomic E-state index is 6.25. The van der Waals surface area contributed by atoms with Crippen LogP contribution in [0.15, 0.2) is 42.7 Å². The highest BCUT2D eigenvalue weighted by atomic mass is 16.4. The Kier molecular flexibility index (Phi) is 2.18. The summed E-state index contributed by atoms with van der Waals surface area (Å²) >= 11 is 0. The molecule has 3 nitrogen and oxygen atoms in total. The van der Waals surface area contributed by atoms with Crippen molar-refractivity contribution in [1.29, 1.82) is 0 Å². The van der Waals surface area contributed by atoms with Gasteiger partial charge in [0.15, 0.2) is 11.3 Å². The predicted molar refractivity (Wildman–Crippen MR) is 79.8 cm³/mol. The summed E-state index contributed by atoms with van der Waals surface area (Å²) in [4.78, 5) is 4.27. The Bertz CT molecular complexity index is 752. The first-order chi connectivity index (χ1) is 9.60. The molecule has 20 heavy (non-hydrogen) atoms. The number of hydrogen-bond acceptors (Lipinski definition) is 2. The maximum absolute atomic E-state index is 6.25. The monoisotopic (exact) mass is 263 g/mol.